The Morgan fingerprint density at radius 1 is 0.906 bits per heavy atom. The maximum Gasteiger partial charge on any atom is 0.293 e. The maximum absolute atomic E-state index is 12.5. The summed E-state index contributed by atoms with van der Waals surface area (Å²) in [5.74, 6) is 0.173. The molecular formula is C26H21NO4S. The van der Waals surface area contributed by atoms with Crippen LogP contribution in [-0.4, -0.2) is 35.0 Å². The number of carbonyl (C=O) groups excluding carboxylic acids is 3. The Hall–Kier alpha value is -3.64. The highest BCUT2D eigenvalue weighted by atomic mass is 32.2. The van der Waals surface area contributed by atoms with E-state index in [1.807, 2.05) is 42.5 Å². The van der Waals surface area contributed by atoms with Crippen LogP contribution in [0.5, 0.6) is 5.75 Å². The van der Waals surface area contributed by atoms with E-state index in [1.165, 1.54) is 4.90 Å². The molecule has 0 N–H and O–H groups in total. The van der Waals surface area contributed by atoms with E-state index < -0.39 is 0 Å². The van der Waals surface area contributed by atoms with Crippen molar-refractivity contribution in [3.8, 4) is 16.9 Å². The number of hydrogen-bond donors (Lipinski definition) is 0. The second-order valence-electron chi connectivity index (χ2n) is 7.15. The number of benzene rings is 3. The zero-order chi connectivity index (χ0) is 22.5. The van der Waals surface area contributed by atoms with Crippen LogP contribution in [0.3, 0.4) is 0 Å². The SMILES string of the molecule is CCN1C(=O)S/C(=C\c2ccc(OCC(=O)c3ccc(-c4ccccc4)cc3)cc2)C1=O. The molecule has 0 aromatic heterocycles. The maximum atomic E-state index is 12.5. The zero-order valence-corrected chi connectivity index (χ0v) is 18.3. The minimum atomic E-state index is -0.272. The van der Waals surface area contributed by atoms with Crippen molar-refractivity contribution in [2.45, 2.75) is 6.92 Å². The van der Waals surface area contributed by atoms with Crippen molar-refractivity contribution in [2.24, 2.45) is 0 Å². The molecule has 1 aliphatic heterocycles. The van der Waals surface area contributed by atoms with Crippen LogP contribution in [0.15, 0.2) is 83.8 Å². The van der Waals surface area contributed by atoms with E-state index >= 15 is 0 Å². The second kappa shape index (κ2) is 9.66. The average Bonchev–Trinajstić information content (AvgIpc) is 3.10. The highest BCUT2D eigenvalue weighted by molar-refractivity contribution is 8.18. The molecule has 0 bridgehead atoms. The summed E-state index contributed by atoms with van der Waals surface area (Å²) in [5, 5.41) is -0.251. The minimum Gasteiger partial charge on any atom is -0.485 e. The fourth-order valence-electron chi connectivity index (χ4n) is 3.30. The first-order valence-corrected chi connectivity index (χ1v) is 11.0. The van der Waals surface area contributed by atoms with E-state index in [0.717, 1.165) is 28.5 Å². The number of rotatable bonds is 7. The summed E-state index contributed by atoms with van der Waals surface area (Å²) in [6, 6.07) is 24.5. The lowest BCUT2D eigenvalue weighted by atomic mass is 10.0. The summed E-state index contributed by atoms with van der Waals surface area (Å²) in [7, 11) is 0. The summed E-state index contributed by atoms with van der Waals surface area (Å²) in [5.41, 5.74) is 3.52. The molecule has 1 aliphatic rings. The van der Waals surface area contributed by atoms with Crippen LogP contribution in [0.2, 0.25) is 0 Å². The molecule has 4 rings (SSSR count). The summed E-state index contributed by atoms with van der Waals surface area (Å²) in [6.07, 6.45) is 1.68. The highest BCUT2D eigenvalue weighted by Gasteiger charge is 2.33. The number of ether oxygens (including phenoxy) is 1. The molecule has 2 amide bonds. The molecule has 0 atom stereocenters. The molecule has 0 spiro atoms. The van der Waals surface area contributed by atoms with Gasteiger partial charge < -0.3 is 4.74 Å². The van der Waals surface area contributed by atoms with Crippen molar-refractivity contribution in [1.82, 2.24) is 4.90 Å². The molecule has 0 radical (unpaired) electrons. The Morgan fingerprint density at radius 3 is 2.19 bits per heavy atom. The summed E-state index contributed by atoms with van der Waals surface area (Å²) in [4.78, 5) is 38.1. The Balaban J connectivity index is 1.35. The number of Topliss-reactive ketones (excluding diaryl/α,β-unsaturated/α-hetero) is 1. The average molecular weight is 444 g/mol. The predicted molar refractivity (Wildman–Crippen MR) is 126 cm³/mol. The standard InChI is InChI=1S/C26H21NO4S/c1-2-27-25(29)24(32-26(27)30)16-18-8-14-22(15-9-18)31-17-23(28)21-12-10-20(11-13-21)19-6-4-3-5-7-19/h3-16H,2,17H2,1H3/b24-16-. The third-order valence-electron chi connectivity index (χ3n) is 5.05. The predicted octanol–water partition coefficient (Wildman–Crippen LogP) is 5.67. The van der Waals surface area contributed by atoms with Gasteiger partial charge in [-0.3, -0.25) is 19.3 Å². The first-order valence-electron chi connectivity index (χ1n) is 10.2. The summed E-state index contributed by atoms with van der Waals surface area (Å²) >= 11 is 0.939. The van der Waals surface area contributed by atoms with E-state index in [2.05, 4.69) is 0 Å². The van der Waals surface area contributed by atoms with Gasteiger partial charge in [0.25, 0.3) is 11.1 Å². The number of amides is 2. The van der Waals surface area contributed by atoms with Gasteiger partial charge in [0.2, 0.25) is 0 Å². The van der Waals surface area contributed by atoms with Crippen molar-refractivity contribution in [1.29, 1.82) is 0 Å². The lowest BCUT2D eigenvalue weighted by Crippen LogP contribution is -2.27. The number of ketones is 1. The van der Waals surface area contributed by atoms with E-state index in [1.54, 1.807) is 49.4 Å². The Labute approximate surface area is 190 Å². The van der Waals surface area contributed by atoms with E-state index in [-0.39, 0.29) is 23.5 Å². The molecular weight excluding hydrogens is 422 g/mol. The number of likely N-dealkylation sites (N-methyl/N-ethyl adjacent to an activating group) is 1. The molecule has 1 fully saturated rings. The second-order valence-corrected chi connectivity index (χ2v) is 8.14. The smallest absolute Gasteiger partial charge is 0.293 e. The monoisotopic (exact) mass is 443 g/mol. The van der Waals surface area contributed by atoms with Gasteiger partial charge in [-0.25, -0.2) is 0 Å². The van der Waals surface area contributed by atoms with Crippen LogP contribution in [0.1, 0.15) is 22.8 Å². The molecule has 0 saturated carbocycles. The van der Waals surface area contributed by atoms with Gasteiger partial charge in [0.05, 0.1) is 4.91 Å². The number of imide groups is 1. The molecule has 0 aliphatic carbocycles. The van der Waals surface area contributed by atoms with Gasteiger partial charge in [0.15, 0.2) is 12.4 Å². The topological polar surface area (TPSA) is 63.7 Å². The Kier molecular flexibility index (Phi) is 6.52. The molecule has 1 heterocycles. The van der Waals surface area contributed by atoms with Gasteiger partial charge in [0, 0.05) is 12.1 Å². The van der Waals surface area contributed by atoms with Crippen LogP contribution in [0.25, 0.3) is 17.2 Å². The summed E-state index contributed by atoms with van der Waals surface area (Å²) in [6.45, 7) is 2.06. The molecule has 6 heteroatoms. The molecule has 0 unspecified atom stereocenters. The molecule has 32 heavy (non-hydrogen) atoms. The van der Waals surface area contributed by atoms with Crippen LogP contribution >= 0.6 is 11.8 Å². The Morgan fingerprint density at radius 2 is 1.56 bits per heavy atom. The number of nitrogens with zero attached hydrogens (tertiary/aromatic N) is 1. The minimum absolute atomic E-state index is 0.0700. The van der Waals surface area contributed by atoms with Gasteiger partial charge in [0.1, 0.15) is 5.75 Å². The quantitative estimate of drug-likeness (QED) is 0.348. The first-order chi connectivity index (χ1) is 15.5. The normalized spacial score (nSPS) is 14.8. The molecule has 3 aromatic rings. The number of carbonyl (C=O) groups is 3. The lowest BCUT2D eigenvalue weighted by Gasteiger charge is -2.08. The third kappa shape index (κ3) is 4.81. The highest BCUT2D eigenvalue weighted by Crippen LogP contribution is 2.32. The largest absolute Gasteiger partial charge is 0.485 e. The van der Waals surface area contributed by atoms with Crippen LogP contribution in [0, 0.1) is 0 Å². The first kappa shape index (κ1) is 21.6. The van der Waals surface area contributed by atoms with E-state index in [4.69, 9.17) is 4.74 Å². The van der Waals surface area contributed by atoms with Gasteiger partial charge >= 0.3 is 0 Å². The zero-order valence-electron chi connectivity index (χ0n) is 17.5. The van der Waals surface area contributed by atoms with E-state index in [0.29, 0.717) is 22.8 Å². The fraction of sp³-hybridized carbons (Fsp3) is 0.115. The van der Waals surface area contributed by atoms with Gasteiger partial charge in [-0.05, 0) is 53.6 Å². The molecule has 3 aromatic carbocycles. The number of hydrogen-bond acceptors (Lipinski definition) is 5. The third-order valence-corrected chi connectivity index (χ3v) is 5.96. The van der Waals surface area contributed by atoms with E-state index in [9.17, 15) is 14.4 Å². The molecule has 5 nitrogen and oxygen atoms in total. The van der Waals surface area contributed by atoms with Gasteiger partial charge in [-0.1, -0.05) is 66.7 Å². The van der Waals surface area contributed by atoms with Gasteiger partial charge in [-0.2, -0.15) is 0 Å². The van der Waals surface area contributed by atoms with Gasteiger partial charge in [-0.15, -0.1) is 0 Å². The number of thioether (sulfide) groups is 1. The fourth-order valence-corrected chi connectivity index (χ4v) is 4.20. The van der Waals surface area contributed by atoms with Crippen molar-refractivity contribution < 1.29 is 19.1 Å². The van der Waals surface area contributed by atoms with Crippen molar-refractivity contribution in [3.63, 3.8) is 0 Å². The van der Waals surface area contributed by atoms with Crippen LogP contribution < -0.4 is 4.74 Å². The van der Waals surface area contributed by atoms with Crippen LogP contribution in [-0.2, 0) is 4.79 Å². The lowest BCUT2D eigenvalue weighted by molar-refractivity contribution is -0.122. The Bertz CT molecular complexity index is 1170. The molecule has 160 valence electrons. The molecule has 1 saturated heterocycles. The van der Waals surface area contributed by atoms with Crippen LogP contribution in [0.4, 0.5) is 4.79 Å². The van der Waals surface area contributed by atoms with Crippen molar-refractivity contribution >= 4 is 34.8 Å². The van der Waals surface area contributed by atoms with Crippen molar-refractivity contribution in [3.05, 3.63) is 94.9 Å². The summed E-state index contributed by atoms with van der Waals surface area (Å²) < 4.78 is 5.63. The van der Waals surface area contributed by atoms with Crippen molar-refractivity contribution in [2.75, 3.05) is 13.2 Å².